The molecule has 3 aromatic carbocycles. The van der Waals surface area contributed by atoms with Gasteiger partial charge in [0.25, 0.3) is 0 Å². The third kappa shape index (κ3) is 4.59. The zero-order valence-electron chi connectivity index (χ0n) is 18.9. The van der Waals surface area contributed by atoms with Crippen LogP contribution >= 0.6 is 0 Å². The van der Waals surface area contributed by atoms with E-state index in [0.29, 0.717) is 11.1 Å². The van der Waals surface area contributed by atoms with Crippen LogP contribution in [-0.2, 0) is 12.8 Å². The fourth-order valence-electron chi connectivity index (χ4n) is 4.41. The summed E-state index contributed by atoms with van der Waals surface area (Å²) in [5, 5.41) is 19.8. The number of rotatable bonds is 9. The molecule has 0 bridgehead atoms. The number of benzene rings is 3. The topological polar surface area (TPSA) is 74.6 Å². The van der Waals surface area contributed by atoms with Crippen LogP contribution in [0.4, 0.5) is 0 Å². The van der Waals surface area contributed by atoms with Gasteiger partial charge in [-0.2, -0.15) is 0 Å². The van der Waals surface area contributed by atoms with Crippen molar-refractivity contribution in [3.63, 3.8) is 0 Å². The van der Waals surface area contributed by atoms with Crippen molar-refractivity contribution in [3.8, 4) is 22.3 Å². The molecule has 4 heteroatoms. The number of hydrogen-bond donors (Lipinski definition) is 2. The summed E-state index contributed by atoms with van der Waals surface area (Å²) in [6.07, 6.45) is 4.69. The molecule has 166 valence electrons. The van der Waals surface area contributed by atoms with Gasteiger partial charge in [0.05, 0.1) is 11.1 Å². The van der Waals surface area contributed by atoms with Crippen LogP contribution in [0.25, 0.3) is 22.3 Å². The maximum Gasteiger partial charge on any atom is 0.336 e. The third-order valence-corrected chi connectivity index (χ3v) is 5.95. The molecular weight excluding hydrogens is 400 g/mol. The lowest BCUT2D eigenvalue weighted by molar-refractivity contribution is 0.0686. The number of aryl methyl sites for hydroxylation is 2. The van der Waals surface area contributed by atoms with Crippen LogP contribution in [-0.4, -0.2) is 22.2 Å². The summed E-state index contributed by atoms with van der Waals surface area (Å²) in [7, 11) is 0. The van der Waals surface area contributed by atoms with Crippen LogP contribution in [0.15, 0.2) is 54.6 Å². The summed E-state index contributed by atoms with van der Waals surface area (Å²) >= 11 is 0. The number of hydrogen-bond acceptors (Lipinski definition) is 2. The molecule has 3 rings (SSSR count). The first kappa shape index (κ1) is 23.3. The van der Waals surface area contributed by atoms with Gasteiger partial charge in [-0.3, -0.25) is 0 Å². The van der Waals surface area contributed by atoms with Crippen molar-refractivity contribution in [3.05, 3.63) is 82.4 Å². The van der Waals surface area contributed by atoms with Crippen molar-refractivity contribution >= 4 is 11.9 Å². The standard InChI is InChI=1S/C28H30O4/c1-4-6-12-19-17-20(11-5-2)26(22-14-8-10-16-24(22)28(31)32)25(18(19)3)21-13-7-9-15-23(21)27(29)30/h7-10,13-17H,4-6,11-12H2,1-3H3,(H,29,30)(H,31,32). The molecule has 0 saturated carbocycles. The predicted molar refractivity (Wildman–Crippen MR) is 129 cm³/mol. The second-order valence-corrected chi connectivity index (χ2v) is 8.12. The van der Waals surface area contributed by atoms with Gasteiger partial charge in [0, 0.05) is 0 Å². The molecule has 3 aromatic rings. The Hall–Kier alpha value is -3.40. The minimum Gasteiger partial charge on any atom is -0.478 e. The molecule has 4 nitrogen and oxygen atoms in total. The fraction of sp³-hybridized carbons (Fsp3) is 0.286. The van der Waals surface area contributed by atoms with Gasteiger partial charge in [0.1, 0.15) is 0 Å². The molecule has 0 saturated heterocycles. The van der Waals surface area contributed by atoms with E-state index >= 15 is 0 Å². The summed E-state index contributed by atoms with van der Waals surface area (Å²) in [5.74, 6) is -1.98. The van der Waals surface area contributed by atoms with Gasteiger partial charge in [-0.1, -0.05) is 69.2 Å². The van der Waals surface area contributed by atoms with E-state index < -0.39 is 11.9 Å². The lowest BCUT2D eigenvalue weighted by atomic mass is 9.80. The first-order valence-corrected chi connectivity index (χ1v) is 11.2. The van der Waals surface area contributed by atoms with E-state index in [4.69, 9.17) is 0 Å². The average Bonchev–Trinajstić information content (AvgIpc) is 2.79. The minimum absolute atomic E-state index is 0.222. The van der Waals surface area contributed by atoms with Gasteiger partial charge in [0.2, 0.25) is 0 Å². The molecule has 0 aliphatic heterocycles. The molecule has 0 amide bonds. The smallest absolute Gasteiger partial charge is 0.336 e. The van der Waals surface area contributed by atoms with Gasteiger partial charge in [-0.25, -0.2) is 9.59 Å². The normalized spacial score (nSPS) is 10.8. The molecule has 0 aliphatic carbocycles. The van der Waals surface area contributed by atoms with E-state index in [2.05, 4.69) is 19.9 Å². The zero-order chi connectivity index (χ0) is 23.3. The monoisotopic (exact) mass is 430 g/mol. The number of carboxylic acid groups (broad SMARTS) is 2. The maximum absolute atomic E-state index is 12.1. The summed E-state index contributed by atoms with van der Waals surface area (Å²) in [4.78, 5) is 24.2. The SMILES string of the molecule is CCCCc1cc(CCC)c(-c2ccccc2C(=O)O)c(-c2ccccc2C(=O)O)c1C. The van der Waals surface area contributed by atoms with Crippen molar-refractivity contribution in [1.82, 2.24) is 0 Å². The van der Waals surface area contributed by atoms with Gasteiger partial charge < -0.3 is 10.2 Å². The highest BCUT2D eigenvalue weighted by atomic mass is 16.4. The van der Waals surface area contributed by atoms with Gasteiger partial charge in [0.15, 0.2) is 0 Å². The highest BCUT2D eigenvalue weighted by molar-refractivity contribution is 6.04. The molecule has 0 radical (unpaired) electrons. The Balaban J connectivity index is 2.49. The Morgan fingerprint density at radius 2 is 1.25 bits per heavy atom. The molecule has 0 atom stereocenters. The van der Waals surface area contributed by atoms with Crippen LogP contribution in [0.2, 0.25) is 0 Å². The van der Waals surface area contributed by atoms with Crippen molar-refractivity contribution < 1.29 is 19.8 Å². The molecule has 0 unspecified atom stereocenters. The highest BCUT2D eigenvalue weighted by Gasteiger charge is 2.24. The van der Waals surface area contributed by atoms with Crippen LogP contribution in [0.5, 0.6) is 0 Å². The third-order valence-electron chi connectivity index (χ3n) is 5.95. The van der Waals surface area contributed by atoms with Crippen molar-refractivity contribution in [2.75, 3.05) is 0 Å². The van der Waals surface area contributed by atoms with E-state index in [-0.39, 0.29) is 11.1 Å². The van der Waals surface area contributed by atoms with Gasteiger partial charge in [-0.05, 0) is 77.3 Å². The Labute approximate surface area is 189 Å². The summed E-state index contributed by atoms with van der Waals surface area (Å²) in [5.41, 5.74) is 6.63. The Morgan fingerprint density at radius 1 is 0.719 bits per heavy atom. The van der Waals surface area contributed by atoms with E-state index in [0.717, 1.165) is 54.4 Å². The molecule has 0 spiro atoms. The summed E-state index contributed by atoms with van der Waals surface area (Å²) in [6, 6.07) is 16.2. The minimum atomic E-state index is -0.992. The van der Waals surface area contributed by atoms with Crippen molar-refractivity contribution in [2.45, 2.75) is 52.9 Å². The molecule has 0 heterocycles. The first-order chi connectivity index (χ1) is 15.4. The van der Waals surface area contributed by atoms with Crippen LogP contribution in [0.3, 0.4) is 0 Å². The van der Waals surface area contributed by atoms with E-state index in [9.17, 15) is 19.8 Å². The molecular formula is C28H30O4. The fourth-order valence-corrected chi connectivity index (χ4v) is 4.41. The Kier molecular flexibility index (Phi) is 7.47. The summed E-state index contributed by atoms with van der Waals surface area (Å²) in [6.45, 7) is 6.28. The maximum atomic E-state index is 12.1. The van der Waals surface area contributed by atoms with E-state index in [1.807, 2.05) is 31.2 Å². The van der Waals surface area contributed by atoms with Crippen molar-refractivity contribution in [1.29, 1.82) is 0 Å². The summed E-state index contributed by atoms with van der Waals surface area (Å²) < 4.78 is 0. The average molecular weight is 431 g/mol. The molecule has 0 aromatic heterocycles. The largest absolute Gasteiger partial charge is 0.478 e. The lowest BCUT2D eigenvalue weighted by Gasteiger charge is -2.23. The quantitative estimate of drug-likeness (QED) is 0.382. The van der Waals surface area contributed by atoms with Crippen LogP contribution in [0, 0.1) is 6.92 Å². The number of carboxylic acids is 2. The van der Waals surface area contributed by atoms with E-state index in [1.165, 1.54) is 5.56 Å². The van der Waals surface area contributed by atoms with Crippen LogP contribution in [0.1, 0.15) is 70.5 Å². The molecule has 0 aliphatic rings. The second-order valence-electron chi connectivity index (χ2n) is 8.12. The number of unbranched alkanes of at least 4 members (excludes halogenated alkanes) is 1. The zero-order valence-corrected chi connectivity index (χ0v) is 18.9. The highest BCUT2D eigenvalue weighted by Crippen LogP contribution is 2.42. The molecule has 32 heavy (non-hydrogen) atoms. The Morgan fingerprint density at radius 3 is 1.75 bits per heavy atom. The lowest BCUT2D eigenvalue weighted by Crippen LogP contribution is -2.07. The van der Waals surface area contributed by atoms with Crippen LogP contribution < -0.4 is 0 Å². The van der Waals surface area contributed by atoms with E-state index in [1.54, 1.807) is 24.3 Å². The second kappa shape index (κ2) is 10.3. The first-order valence-electron chi connectivity index (χ1n) is 11.2. The number of aromatic carboxylic acids is 2. The predicted octanol–water partition coefficient (Wildman–Crippen LogP) is 7.02. The molecule has 0 fully saturated rings. The van der Waals surface area contributed by atoms with Gasteiger partial charge >= 0.3 is 11.9 Å². The Bertz CT molecular complexity index is 1140. The number of carbonyl (C=O) groups is 2. The van der Waals surface area contributed by atoms with Crippen molar-refractivity contribution in [2.24, 2.45) is 0 Å². The van der Waals surface area contributed by atoms with Gasteiger partial charge in [-0.15, -0.1) is 0 Å². The molecule has 2 N–H and O–H groups in total.